The number of carbonyl (C=O) groups is 1. The molecule has 0 amide bonds. The fourth-order valence-electron chi connectivity index (χ4n) is 4.44. The predicted molar refractivity (Wildman–Crippen MR) is 127 cm³/mol. The molecule has 0 saturated heterocycles. The summed E-state index contributed by atoms with van der Waals surface area (Å²) in [5, 5.41) is 33.3. The van der Waals surface area contributed by atoms with Crippen LogP contribution in [0.15, 0.2) is 41.5 Å². The number of ketones is 1. The van der Waals surface area contributed by atoms with E-state index in [4.69, 9.17) is 0 Å². The molecule has 2 aromatic carbocycles. The Morgan fingerprint density at radius 2 is 1.65 bits per heavy atom. The van der Waals surface area contributed by atoms with E-state index in [1.165, 1.54) is 17.2 Å². The highest BCUT2D eigenvalue weighted by molar-refractivity contribution is 6.08. The van der Waals surface area contributed by atoms with Crippen molar-refractivity contribution in [3.8, 4) is 11.5 Å². The van der Waals surface area contributed by atoms with E-state index in [9.17, 15) is 20.1 Å². The number of benzene rings is 2. The highest BCUT2D eigenvalue weighted by Gasteiger charge is 2.32. The van der Waals surface area contributed by atoms with Crippen molar-refractivity contribution in [3.05, 3.63) is 63.8 Å². The Hall–Kier alpha value is -3.01. The van der Waals surface area contributed by atoms with Crippen LogP contribution in [0, 0.1) is 6.92 Å². The van der Waals surface area contributed by atoms with Gasteiger partial charge in [-0.25, -0.2) is 0 Å². The second kappa shape index (κ2) is 9.01. The SMILES string of the molecule is CC(C)=CCCc1c(C)cc(O)c2c(O)c3c(cc12)C(CCC=C(C)C)C(=O)C=C3O. The Kier molecular flexibility index (Phi) is 6.59. The highest BCUT2D eigenvalue weighted by Crippen LogP contribution is 2.47. The number of aliphatic hydroxyl groups excluding tert-OH is 1. The van der Waals surface area contributed by atoms with E-state index in [0.29, 0.717) is 17.4 Å². The molecule has 164 valence electrons. The highest BCUT2D eigenvalue weighted by atomic mass is 16.3. The number of phenolic OH excluding ortho intramolecular Hbond substituents is 2. The Labute approximate surface area is 184 Å². The summed E-state index contributed by atoms with van der Waals surface area (Å²) in [5.41, 5.74) is 5.28. The van der Waals surface area contributed by atoms with Gasteiger partial charge < -0.3 is 15.3 Å². The lowest BCUT2D eigenvalue weighted by Crippen LogP contribution is -2.17. The Bertz CT molecular complexity index is 1120. The second-order valence-electron chi connectivity index (χ2n) is 8.97. The Balaban J connectivity index is 2.23. The first-order valence-electron chi connectivity index (χ1n) is 10.8. The molecule has 2 aromatic rings. The number of rotatable bonds is 6. The lowest BCUT2D eigenvalue weighted by atomic mass is 9.79. The van der Waals surface area contributed by atoms with Crippen LogP contribution in [0.5, 0.6) is 11.5 Å². The standard InChI is InChI=1S/C27H32O4/c1-15(2)8-6-10-18-17(5)12-23(29)25-20(18)13-21-19(11-7-9-16(3)4)22(28)14-24(30)26(21)27(25)31/h8-9,12-14,19,29-31H,6-7,10-11H2,1-5H3. The summed E-state index contributed by atoms with van der Waals surface area (Å²) in [7, 11) is 0. The van der Waals surface area contributed by atoms with Crippen LogP contribution in [0.25, 0.3) is 16.5 Å². The van der Waals surface area contributed by atoms with Crippen LogP contribution in [-0.4, -0.2) is 21.1 Å². The third kappa shape index (κ3) is 4.53. The van der Waals surface area contributed by atoms with Gasteiger partial charge in [-0.05, 0) is 94.5 Å². The van der Waals surface area contributed by atoms with Crippen molar-refractivity contribution >= 4 is 22.3 Å². The molecule has 0 heterocycles. The molecule has 0 spiro atoms. The maximum atomic E-state index is 12.8. The van der Waals surface area contributed by atoms with Gasteiger partial charge in [-0.3, -0.25) is 4.79 Å². The molecule has 3 rings (SSSR count). The topological polar surface area (TPSA) is 77.8 Å². The fourth-order valence-corrected chi connectivity index (χ4v) is 4.44. The van der Waals surface area contributed by atoms with E-state index >= 15 is 0 Å². The van der Waals surface area contributed by atoms with Gasteiger partial charge in [-0.15, -0.1) is 0 Å². The molecular formula is C27H32O4. The van der Waals surface area contributed by atoms with E-state index in [2.05, 4.69) is 26.0 Å². The minimum Gasteiger partial charge on any atom is -0.507 e. The first-order valence-corrected chi connectivity index (χ1v) is 10.8. The summed E-state index contributed by atoms with van der Waals surface area (Å²) in [6.07, 6.45) is 8.37. The van der Waals surface area contributed by atoms with Crippen LogP contribution in [0.2, 0.25) is 0 Å². The van der Waals surface area contributed by atoms with Crippen LogP contribution in [0.4, 0.5) is 0 Å². The molecule has 0 aromatic heterocycles. The number of hydrogen-bond donors (Lipinski definition) is 3. The zero-order valence-electron chi connectivity index (χ0n) is 19.0. The van der Waals surface area contributed by atoms with Gasteiger partial charge in [0, 0.05) is 12.0 Å². The van der Waals surface area contributed by atoms with E-state index in [0.717, 1.165) is 35.8 Å². The smallest absolute Gasteiger partial charge is 0.166 e. The van der Waals surface area contributed by atoms with Gasteiger partial charge in [0.2, 0.25) is 0 Å². The minimum atomic E-state index is -0.440. The molecule has 0 aliphatic heterocycles. The quantitative estimate of drug-likeness (QED) is 0.451. The number of aliphatic hydroxyl groups is 1. The van der Waals surface area contributed by atoms with Crippen molar-refractivity contribution in [2.24, 2.45) is 0 Å². The molecule has 1 aliphatic carbocycles. The largest absolute Gasteiger partial charge is 0.507 e. The van der Waals surface area contributed by atoms with Crippen molar-refractivity contribution < 1.29 is 20.1 Å². The molecule has 0 fully saturated rings. The molecule has 4 heteroatoms. The molecule has 3 N–H and O–H groups in total. The molecular weight excluding hydrogens is 388 g/mol. The summed E-state index contributed by atoms with van der Waals surface area (Å²) in [6, 6.07) is 3.55. The molecule has 1 unspecified atom stereocenters. The van der Waals surface area contributed by atoms with Crippen LogP contribution in [-0.2, 0) is 11.2 Å². The molecule has 31 heavy (non-hydrogen) atoms. The third-order valence-electron chi connectivity index (χ3n) is 5.95. The number of carbonyl (C=O) groups excluding carboxylic acids is 1. The molecule has 1 aliphatic rings. The van der Waals surface area contributed by atoms with E-state index in [1.807, 2.05) is 26.8 Å². The zero-order valence-corrected chi connectivity index (χ0v) is 19.0. The predicted octanol–water partition coefficient (Wildman–Crippen LogP) is 6.77. The first-order chi connectivity index (χ1) is 14.6. The van der Waals surface area contributed by atoms with Crippen molar-refractivity contribution in [2.45, 2.75) is 66.2 Å². The summed E-state index contributed by atoms with van der Waals surface area (Å²) >= 11 is 0. The average molecular weight is 421 g/mol. The van der Waals surface area contributed by atoms with Gasteiger partial charge in [-0.2, -0.15) is 0 Å². The summed E-state index contributed by atoms with van der Waals surface area (Å²) in [4.78, 5) is 12.8. The minimum absolute atomic E-state index is 0.0236. The third-order valence-corrected chi connectivity index (χ3v) is 5.95. The lowest BCUT2D eigenvalue weighted by molar-refractivity contribution is -0.116. The number of fused-ring (bicyclic) bond motifs is 2. The molecule has 4 nitrogen and oxygen atoms in total. The van der Waals surface area contributed by atoms with Crippen molar-refractivity contribution in [3.63, 3.8) is 0 Å². The molecule has 0 radical (unpaired) electrons. The molecule has 1 atom stereocenters. The summed E-state index contributed by atoms with van der Waals surface area (Å²) in [5.74, 6) is -1.03. The summed E-state index contributed by atoms with van der Waals surface area (Å²) < 4.78 is 0. The van der Waals surface area contributed by atoms with Gasteiger partial charge in [0.15, 0.2) is 5.78 Å². The Morgan fingerprint density at radius 1 is 1.00 bits per heavy atom. The molecule has 0 bridgehead atoms. The average Bonchev–Trinajstić information content (AvgIpc) is 2.65. The van der Waals surface area contributed by atoms with E-state index in [1.54, 1.807) is 6.07 Å². The molecule has 0 saturated carbocycles. The number of hydrogen-bond acceptors (Lipinski definition) is 4. The second-order valence-corrected chi connectivity index (χ2v) is 8.97. The first kappa shape index (κ1) is 22.7. The van der Waals surface area contributed by atoms with Crippen LogP contribution < -0.4 is 0 Å². The maximum absolute atomic E-state index is 12.8. The summed E-state index contributed by atoms with van der Waals surface area (Å²) in [6.45, 7) is 10.1. The normalized spacial score (nSPS) is 15.5. The van der Waals surface area contributed by atoms with Crippen LogP contribution in [0.1, 0.15) is 75.1 Å². The van der Waals surface area contributed by atoms with Gasteiger partial charge in [0.1, 0.15) is 17.3 Å². The zero-order chi connectivity index (χ0) is 22.9. The van der Waals surface area contributed by atoms with Gasteiger partial charge >= 0.3 is 0 Å². The monoisotopic (exact) mass is 420 g/mol. The number of aryl methyl sites for hydroxylation is 2. The van der Waals surface area contributed by atoms with Gasteiger partial charge in [0.25, 0.3) is 0 Å². The van der Waals surface area contributed by atoms with Crippen molar-refractivity contribution in [2.75, 3.05) is 0 Å². The van der Waals surface area contributed by atoms with Gasteiger partial charge in [0.05, 0.1) is 10.9 Å². The number of phenols is 2. The van der Waals surface area contributed by atoms with Gasteiger partial charge in [-0.1, -0.05) is 23.3 Å². The lowest BCUT2D eigenvalue weighted by Gasteiger charge is -2.25. The van der Waals surface area contributed by atoms with Crippen molar-refractivity contribution in [1.82, 2.24) is 0 Å². The van der Waals surface area contributed by atoms with Crippen LogP contribution >= 0.6 is 0 Å². The fraction of sp³-hybridized carbons (Fsp3) is 0.370. The van der Waals surface area contributed by atoms with Crippen molar-refractivity contribution in [1.29, 1.82) is 0 Å². The van der Waals surface area contributed by atoms with E-state index in [-0.39, 0.29) is 28.6 Å². The van der Waals surface area contributed by atoms with E-state index < -0.39 is 5.92 Å². The Morgan fingerprint density at radius 3 is 2.29 bits per heavy atom. The number of allylic oxidation sites excluding steroid dienone is 5. The number of aromatic hydroxyl groups is 2. The maximum Gasteiger partial charge on any atom is 0.166 e. The van der Waals surface area contributed by atoms with Crippen LogP contribution in [0.3, 0.4) is 0 Å².